The molecule has 4 heteroatoms. The molecule has 0 aromatic heterocycles. The minimum atomic E-state index is 0. The van der Waals surface area contributed by atoms with E-state index in [1.54, 1.807) is 0 Å². The fourth-order valence-corrected chi connectivity index (χ4v) is 3.25. The smallest absolute Gasteiger partial charge is 0.220 e. The van der Waals surface area contributed by atoms with Crippen molar-refractivity contribution in [1.82, 2.24) is 5.32 Å². The van der Waals surface area contributed by atoms with Crippen molar-refractivity contribution in [3.63, 3.8) is 0 Å². The molecule has 0 unspecified atom stereocenters. The molecule has 0 saturated heterocycles. The van der Waals surface area contributed by atoms with Crippen LogP contribution >= 0.6 is 12.4 Å². The Bertz CT molecular complexity index is 265. The molecule has 2 aliphatic rings. The molecular formula is C14H27ClN2O. The summed E-state index contributed by atoms with van der Waals surface area (Å²) >= 11 is 0. The van der Waals surface area contributed by atoms with Gasteiger partial charge in [-0.25, -0.2) is 0 Å². The second-order valence-corrected chi connectivity index (χ2v) is 6.08. The average Bonchev–Trinajstić information content (AvgIpc) is 2.68. The highest BCUT2D eigenvalue weighted by molar-refractivity contribution is 5.85. The van der Waals surface area contributed by atoms with Gasteiger partial charge in [-0.05, 0) is 50.4 Å². The summed E-state index contributed by atoms with van der Waals surface area (Å²) < 4.78 is 0. The summed E-state index contributed by atoms with van der Waals surface area (Å²) in [6.07, 6.45) is 8.90. The van der Waals surface area contributed by atoms with E-state index in [0.717, 1.165) is 31.6 Å². The fraction of sp³-hybridized carbons (Fsp3) is 0.929. The molecule has 3 nitrogen and oxygen atoms in total. The molecule has 2 fully saturated rings. The van der Waals surface area contributed by atoms with Crippen LogP contribution in [-0.4, -0.2) is 18.0 Å². The number of nitrogens with two attached hydrogens (primary N) is 1. The highest BCUT2D eigenvalue weighted by Crippen LogP contribution is 2.27. The standard InChI is InChI=1S/C14H26N2O.ClH/c1-10-5-7-12(8-6-10)16-14(17)9-11-3-2-4-13(11)15;/h10-13H,2-9,15H2,1H3,(H,16,17);1H/t10?,11-,12?,13+;/m0./s1. The van der Waals surface area contributed by atoms with E-state index in [4.69, 9.17) is 5.73 Å². The molecule has 2 rings (SSSR count). The average molecular weight is 275 g/mol. The molecule has 106 valence electrons. The molecular weight excluding hydrogens is 248 g/mol. The highest BCUT2D eigenvalue weighted by Gasteiger charge is 2.27. The van der Waals surface area contributed by atoms with Gasteiger partial charge in [-0.2, -0.15) is 0 Å². The Balaban J connectivity index is 0.00000162. The van der Waals surface area contributed by atoms with Gasteiger partial charge in [0, 0.05) is 18.5 Å². The third-order valence-corrected chi connectivity index (χ3v) is 4.55. The minimum absolute atomic E-state index is 0. The molecule has 2 saturated carbocycles. The molecule has 0 spiro atoms. The van der Waals surface area contributed by atoms with E-state index in [2.05, 4.69) is 12.2 Å². The second kappa shape index (κ2) is 7.34. The zero-order valence-corrected chi connectivity index (χ0v) is 12.2. The van der Waals surface area contributed by atoms with Gasteiger partial charge in [0.1, 0.15) is 0 Å². The van der Waals surface area contributed by atoms with Gasteiger partial charge in [0.25, 0.3) is 0 Å². The van der Waals surface area contributed by atoms with E-state index in [9.17, 15) is 4.79 Å². The number of amides is 1. The molecule has 0 radical (unpaired) electrons. The van der Waals surface area contributed by atoms with E-state index >= 15 is 0 Å². The Hall–Kier alpha value is -0.280. The Morgan fingerprint density at radius 1 is 1.17 bits per heavy atom. The molecule has 2 aliphatic carbocycles. The number of nitrogens with one attached hydrogen (secondary N) is 1. The summed E-state index contributed by atoms with van der Waals surface area (Å²) in [4.78, 5) is 11.9. The lowest BCUT2D eigenvalue weighted by Crippen LogP contribution is -2.39. The van der Waals surface area contributed by atoms with Crippen molar-refractivity contribution in [2.24, 2.45) is 17.6 Å². The summed E-state index contributed by atoms with van der Waals surface area (Å²) in [5, 5.41) is 3.19. The number of carbonyl (C=O) groups excluding carboxylic acids is 1. The first kappa shape index (κ1) is 15.8. The van der Waals surface area contributed by atoms with Crippen LogP contribution in [-0.2, 0) is 4.79 Å². The van der Waals surface area contributed by atoms with Crippen LogP contribution in [0.25, 0.3) is 0 Å². The van der Waals surface area contributed by atoms with Crippen molar-refractivity contribution < 1.29 is 4.79 Å². The first-order valence-corrected chi connectivity index (χ1v) is 7.20. The van der Waals surface area contributed by atoms with Crippen molar-refractivity contribution in [2.45, 2.75) is 70.4 Å². The Morgan fingerprint density at radius 2 is 1.83 bits per heavy atom. The number of hydrogen-bond donors (Lipinski definition) is 2. The van der Waals surface area contributed by atoms with Crippen LogP contribution in [0.4, 0.5) is 0 Å². The van der Waals surface area contributed by atoms with Gasteiger partial charge in [0.15, 0.2) is 0 Å². The Labute approximate surface area is 117 Å². The van der Waals surface area contributed by atoms with Gasteiger partial charge in [-0.15, -0.1) is 12.4 Å². The molecule has 1 amide bonds. The lowest BCUT2D eigenvalue weighted by atomic mass is 9.87. The largest absolute Gasteiger partial charge is 0.353 e. The van der Waals surface area contributed by atoms with Crippen molar-refractivity contribution in [3.8, 4) is 0 Å². The van der Waals surface area contributed by atoms with Crippen LogP contribution in [0, 0.1) is 11.8 Å². The maximum absolute atomic E-state index is 11.9. The Morgan fingerprint density at radius 3 is 2.39 bits per heavy atom. The first-order valence-electron chi connectivity index (χ1n) is 7.20. The van der Waals surface area contributed by atoms with Crippen molar-refractivity contribution in [1.29, 1.82) is 0 Å². The van der Waals surface area contributed by atoms with Gasteiger partial charge in [-0.3, -0.25) is 4.79 Å². The number of carbonyl (C=O) groups is 1. The summed E-state index contributed by atoms with van der Waals surface area (Å²) in [5.74, 6) is 1.50. The highest BCUT2D eigenvalue weighted by atomic mass is 35.5. The zero-order chi connectivity index (χ0) is 12.3. The molecule has 3 N–H and O–H groups in total. The fourth-order valence-electron chi connectivity index (χ4n) is 3.25. The van der Waals surface area contributed by atoms with Crippen molar-refractivity contribution >= 4 is 18.3 Å². The van der Waals surface area contributed by atoms with Gasteiger partial charge in [0.2, 0.25) is 5.91 Å². The van der Waals surface area contributed by atoms with E-state index < -0.39 is 0 Å². The number of hydrogen-bond acceptors (Lipinski definition) is 2. The van der Waals surface area contributed by atoms with E-state index in [1.165, 1.54) is 19.3 Å². The van der Waals surface area contributed by atoms with Gasteiger partial charge in [0.05, 0.1) is 0 Å². The molecule has 0 aromatic rings. The van der Waals surface area contributed by atoms with Gasteiger partial charge in [-0.1, -0.05) is 13.3 Å². The van der Waals surface area contributed by atoms with Crippen molar-refractivity contribution in [3.05, 3.63) is 0 Å². The van der Waals surface area contributed by atoms with Crippen LogP contribution in [0.3, 0.4) is 0 Å². The van der Waals surface area contributed by atoms with Crippen molar-refractivity contribution in [2.75, 3.05) is 0 Å². The lowest BCUT2D eigenvalue weighted by Gasteiger charge is -2.27. The predicted octanol–water partition coefficient (Wildman–Crippen LogP) is 2.62. The van der Waals surface area contributed by atoms with Crippen LogP contribution < -0.4 is 11.1 Å². The quantitative estimate of drug-likeness (QED) is 0.831. The third-order valence-electron chi connectivity index (χ3n) is 4.55. The first-order chi connectivity index (χ1) is 8.15. The number of rotatable bonds is 3. The van der Waals surface area contributed by atoms with Crippen LogP contribution in [0.15, 0.2) is 0 Å². The topological polar surface area (TPSA) is 55.1 Å². The summed E-state index contributed by atoms with van der Waals surface area (Å²) in [6.45, 7) is 2.30. The van der Waals surface area contributed by atoms with Crippen LogP contribution in [0.1, 0.15) is 58.3 Å². The summed E-state index contributed by atoms with van der Waals surface area (Å²) in [5.41, 5.74) is 6.00. The number of halogens is 1. The molecule has 0 aromatic carbocycles. The van der Waals surface area contributed by atoms with E-state index in [-0.39, 0.29) is 24.4 Å². The maximum Gasteiger partial charge on any atom is 0.220 e. The monoisotopic (exact) mass is 274 g/mol. The Kier molecular flexibility index (Phi) is 6.44. The normalized spacial score (nSPS) is 35.9. The third kappa shape index (κ3) is 4.43. The molecule has 0 bridgehead atoms. The second-order valence-electron chi connectivity index (χ2n) is 6.08. The van der Waals surface area contributed by atoms with E-state index in [0.29, 0.717) is 18.4 Å². The van der Waals surface area contributed by atoms with Crippen LogP contribution in [0.2, 0.25) is 0 Å². The summed E-state index contributed by atoms with van der Waals surface area (Å²) in [7, 11) is 0. The molecule has 2 atom stereocenters. The van der Waals surface area contributed by atoms with Gasteiger partial charge >= 0.3 is 0 Å². The zero-order valence-electron chi connectivity index (χ0n) is 11.4. The SMILES string of the molecule is CC1CCC(NC(=O)C[C@@H]2CCC[C@H]2N)CC1.Cl. The summed E-state index contributed by atoms with van der Waals surface area (Å²) in [6, 6.07) is 0.684. The predicted molar refractivity (Wildman–Crippen MR) is 76.7 cm³/mol. The van der Waals surface area contributed by atoms with E-state index in [1.807, 2.05) is 0 Å². The molecule has 0 aliphatic heterocycles. The van der Waals surface area contributed by atoms with Gasteiger partial charge < -0.3 is 11.1 Å². The maximum atomic E-state index is 11.9. The van der Waals surface area contributed by atoms with Crippen LogP contribution in [0.5, 0.6) is 0 Å². The molecule has 18 heavy (non-hydrogen) atoms. The molecule has 0 heterocycles. The minimum Gasteiger partial charge on any atom is -0.353 e. The lowest BCUT2D eigenvalue weighted by molar-refractivity contribution is -0.123.